The monoisotopic (exact) mass is 253 g/mol. The summed E-state index contributed by atoms with van der Waals surface area (Å²) in [5.41, 5.74) is 1.86. The lowest BCUT2D eigenvalue weighted by Gasteiger charge is -2.07. The highest BCUT2D eigenvalue weighted by Crippen LogP contribution is 2.14. The lowest BCUT2D eigenvalue weighted by atomic mass is 10.2. The van der Waals surface area contributed by atoms with E-state index in [1.165, 1.54) is 0 Å². The van der Waals surface area contributed by atoms with Crippen molar-refractivity contribution in [3.05, 3.63) is 53.7 Å². The molecule has 96 valence electrons. The molecule has 2 rings (SSSR count). The molecule has 0 spiro atoms. The normalized spacial score (nSPS) is 9.68. The van der Waals surface area contributed by atoms with Gasteiger partial charge in [-0.15, -0.1) is 0 Å². The van der Waals surface area contributed by atoms with Gasteiger partial charge in [-0.05, 0) is 29.8 Å². The van der Waals surface area contributed by atoms with Crippen molar-refractivity contribution in [2.24, 2.45) is 0 Å². The second-order valence-corrected chi connectivity index (χ2v) is 4.03. The van der Waals surface area contributed by atoms with E-state index in [-0.39, 0.29) is 0 Å². The van der Waals surface area contributed by atoms with Gasteiger partial charge in [-0.2, -0.15) is 5.26 Å². The average molecular weight is 253 g/mol. The molecule has 1 aromatic carbocycles. The maximum absolute atomic E-state index is 8.59. The van der Waals surface area contributed by atoms with Crippen molar-refractivity contribution < 1.29 is 4.74 Å². The van der Waals surface area contributed by atoms with Crippen LogP contribution in [0.3, 0.4) is 0 Å². The van der Waals surface area contributed by atoms with Gasteiger partial charge in [0.1, 0.15) is 18.2 Å². The first-order valence-corrected chi connectivity index (χ1v) is 6.04. The van der Waals surface area contributed by atoms with Crippen molar-refractivity contribution in [3.8, 4) is 11.8 Å². The van der Waals surface area contributed by atoms with Crippen LogP contribution in [0.1, 0.15) is 11.3 Å². The minimum Gasteiger partial charge on any atom is -0.487 e. The molecular formula is C15H15N3O. The molecule has 0 fully saturated rings. The van der Waals surface area contributed by atoms with Crippen LogP contribution in [0, 0.1) is 11.3 Å². The molecule has 19 heavy (non-hydrogen) atoms. The number of nitrogens with one attached hydrogen (secondary N) is 1. The van der Waals surface area contributed by atoms with Gasteiger partial charge in [0.25, 0.3) is 0 Å². The first-order chi connectivity index (χ1) is 9.31. The van der Waals surface area contributed by atoms with Crippen molar-refractivity contribution in [1.29, 1.82) is 5.26 Å². The molecule has 4 nitrogen and oxygen atoms in total. The van der Waals surface area contributed by atoms with Crippen LogP contribution in [0.4, 0.5) is 5.82 Å². The van der Waals surface area contributed by atoms with E-state index < -0.39 is 0 Å². The number of hydrogen-bond donors (Lipinski definition) is 1. The topological polar surface area (TPSA) is 57.9 Å². The lowest BCUT2D eigenvalue weighted by molar-refractivity contribution is 0.301. The molecule has 2 aromatic rings. The molecule has 0 radical (unpaired) electrons. The molecule has 0 amide bonds. The maximum Gasteiger partial charge on any atom is 0.130 e. The van der Waals surface area contributed by atoms with Crippen LogP contribution < -0.4 is 10.1 Å². The summed E-state index contributed by atoms with van der Waals surface area (Å²) in [5.74, 6) is 1.60. The summed E-state index contributed by atoms with van der Waals surface area (Å²) in [7, 11) is 1.83. The number of nitrogens with zero attached hydrogens (tertiary/aromatic N) is 2. The first kappa shape index (κ1) is 12.9. The van der Waals surface area contributed by atoms with E-state index in [0.717, 1.165) is 22.8 Å². The highest BCUT2D eigenvalue weighted by molar-refractivity contribution is 5.34. The Balaban J connectivity index is 1.96. The van der Waals surface area contributed by atoms with Gasteiger partial charge in [0.05, 0.1) is 18.2 Å². The molecule has 0 aliphatic heterocycles. The molecule has 0 bridgehead atoms. The fourth-order valence-corrected chi connectivity index (χ4v) is 1.65. The highest BCUT2D eigenvalue weighted by atomic mass is 16.5. The van der Waals surface area contributed by atoms with Crippen LogP contribution in [0.2, 0.25) is 0 Å². The first-order valence-electron chi connectivity index (χ1n) is 6.04. The number of hydrogen-bond acceptors (Lipinski definition) is 4. The van der Waals surface area contributed by atoms with Gasteiger partial charge >= 0.3 is 0 Å². The quantitative estimate of drug-likeness (QED) is 0.890. The summed E-state index contributed by atoms with van der Waals surface area (Å²) >= 11 is 0. The standard InChI is InChI=1S/C15H15N3O/c1-17-15-4-2-3-13(18-15)11-19-14-7-5-12(6-8-14)9-10-16/h2-8H,9,11H2,1H3,(H,17,18). The van der Waals surface area contributed by atoms with Crippen LogP contribution >= 0.6 is 0 Å². The average Bonchev–Trinajstić information content (AvgIpc) is 2.47. The molecule has 0 saturated carbocycles. The highest BCUT2D eigenvalue weighted by Gasteiger charge is 1.99. The van der Waals surface area contributed by atoms with Crippen molar-refractivity contribution in [2.75, 3.05) is 12.4 Å². The Bertz CT molecular complexity index is 573. The van der Waals surface area contributed by atoms with Gasteiger partial charge in [0.15, 0.2) is 0 Å². The minimum absolute atomic E-state index is 0.423. The largest absolute Gasteiger partial charge is 0.487 e. The molecule has 1 heterocycles. The van der Waals surface area contributed by atoms with E-state index in [1.54, 1.807) is 0 Å². The van der Waals surface area contributed by atoms with Gasteiger partial charge in [0.2, 0.25) is 0 Å². The van der Waals surface area contributed by atoms with E-state index >= 15 is 0 Å². The number of rotatable bonds is 5. The van der Waals surface area contributed by atoms with Crippen LogP contribution in [0.25, 0.3) is 0 Å². The molecule has 4 heteroatoms. The molecule has 1 N–H and O–H groups in total. The summed E-state index contributed by atoms with van der Waals surface area (Å²) < 4.78 is 5.65. The number of ether oxygens (including phenoxy) is 1. The molecule has 0 atom stereocenters. The van der Waals surface area contributed by atoms with Crippen LogP contribution in [-0.4, -0.2) is 12.0 Å². The fourth-order valence-electron chi connectivity index (χ4n) is 1.65. The van der Waals surface area contributed by atoms with Gasteiger partial charge in [-0.1, -0.05) is 18.2 Å². The van der Waals surface area contributed by atoms with E-state index in [1.807, 2.05) is 49.5 Å². The van der Waals surface area contributed by atoms with Gasteiger partial charge in [0, 0.05) is 7.05 Å². The van der Waals surface area contributed by atoms with Crippen LogP contribution in [0.15, 0.2) is 42.5 Å². The Labute approximate surface area is 112 Å². The van der Waals surface area contributed by atoms with Crippen molar-refractivity contribution in [3.63, 3.8) is 0 Å². The van der Waals surface area contributed by atoms with Crippen molar-refractivity contribution in [2.45, 2.75) is 13.0 Å². The predicted octanol–water partition coefficient (Wildman–Crippen LogP) is 2.77. The van der Waals surface area contributed by atoms with E-state index in [4.69, 9.17) is 10.00 Å². The molecule has 0 aliphatic carbocycles. The molecule has 0 saturated heterocycles. The summed E-state index contributed by atoms with van der Waals surface area (Å²) in [5, 5.41) is 11.6. The second kappa shape index (κ2) is 6.41. The third-order valence-corrected chi connectivity index (χ3v) is 2.66. The summed E-state index contributed by atoms with van der Waals surface area (Å²) in [6, 6.07) is 15.4. The zero-order valence-corrected chi connectivity index (χ0v) is 10.8. The Morgan fingerprint density at radius 3 is 2.68 bits per heavy atom. The van der Waals surface area contributed by atoms with E-state index in [9.17, 15) is 0 Å². The number of nitriles is 1. The molecular weight excluding hydrogens is 238 g/mol. The SMILES string of the molecule is CNc1cccc(COc2ccc(CC#N)cc2)n1. The Kier molecular flexibility index (Phi) is 4.35. The van der Waals surface area contributed by atoms with Crippen LogP contribution in [0.5, 0.6) is 5.75 Å². The second-order valence-electron chi connectivity index (χ2n) is 4.03. The number of pyridine rings is 1. The Morgan fingerprint density at radius 1 is 1.21 bits per heavy atom. The van der Waals surface area contributed by atoms with Crippen molar-refractivity contribution in [1.82, 2.24) is 4.98 Å². The zero-order valence-electron chi connectivity index (χ0n) is 10.8. The fraction of sp³-hybridized carbons (Fsp3) is 0.200. The smallest absolute Gasteiger partial charge is 0.130 e. The van der Waals surface area contributed by atoms with Crippen molar-refractivity contribution >= 4 is 5.82 Å². The van der Waals surface area contributed by atoms with E-state index in [2.05, 4.69) is 16.4 Å². The van der Waals surface area contributed by atoms with Gasteiger partial charge in [-0.3, -0.25) is 0 Å². The van der Waals surface area contributed by atoms with Gasteiger partial charge < -0.3 is 10.1 Å². The van der Waals surface area contributed by atoms with E-state index in [0.29, 0.717) is 13.0 Å². The minimum atomic E-state index is 0.423. The third kappa shape index (κ3) is 3.71. The Morgan fingerprint density at radius 2 is 2.00 bits per heavy atom. The number of benzene rings is 1. The molecule has 0 aliphatic rings. The lowest BCUT2D eigenvalue weighted by Crippen LogP contribution is -2.00. The predicted molar refractivity (Wildman–Crippen MR) is 73.9 cm³/mol. The molecule has 0 unspecified atom stereocenters. The number of aromatic nitrogens is 1. The number of anilines is 1. The van der Waals surface area contributed by atoms with Gasteiger partial charge in [-0.25, -0.2) is 4.98 Å². The summed E-state index contributed by atoms with van der Waals surface area (Å²) in [6.45, 7) is 0.424. The van der Waals surface area contributed by atoms with Crippen LogP contribution in [-0.2, 0) is 13.0 Å². The summed E-state index contributed by atoms with van der Waals surface area (Å²) in [4.78, 5) is 4.37. The molecule has 1 aromatic heterocycles. The zero-order chi connectivity index (χ0) is 13.5. The summed E-state index contributed by atoms with van der Waals surface area (Å²) in [6.07, 6.45) is 0.423. The Hall–Kier alpha value is -2.54. The maximum atomic E-state index is 8.59. The third-order valence-electron chi connectivity index (χ3n) is 2.66.